The molecule has 2 aromatic carbocycles. The van der Waals surface area contributed by atoms with Crippen molar-refractivity contribution in [3.8, 4) is 11.4 Å². The smallest absolute Gasteiger partial charge is 0.335 e. The number of benzene rings is 2. The average Bonchev–Trinajstić information content (AvgIpc) is 2.90. The minimum absolute atomic E-state index is 0.233. The standard InChI is InChI=1S/C15H11BrN2O3/c1-21-14-5-3-10(7-11(14)16)18-8-17-12-4-2-9(15(19)20)6-13(12)18/h2-8H,1H3,(H,19,20). The van der Waals surface area contributed by atoms with E-state index in [1.54, 1.807) is 31.6 Å². The predicted octanol–water partition coefficient (Wildman–Crippen LogP) is 3.49. The van der Waals surface area contributed by atoms with Crippen LogP contribution in [0.2, 0.25) is 0 Å². The van der Waals surface area contributed by atoms with E-state index in [9.17, 15) is 4.79 Å². The van der Waals surface area contributed by atoms with Crippen molar-refractivity contribution in [1.82, 2.24) is 9.55 Å². The molecule has 0 aliphatic rings. The van der Waals surface area contributed by atoms with Gasteiger partial charge in [-0.1, -0.05) is 0 Å². The molecule has 0 amide bonds. The molecular formula is C15H11BrN2O3. The van der Waals surface area contributed by atoms with E-state index in [0.29, 0.717) is 0 Å². The van der Waals surface area contributed by atoms with Crippen molar-refractivity contribution in [2.45, 2.75) is 0 Å². The lowest BCUT2D eigenvalue weighted by atomic mass is 10.2. The quantitative estimate of drug-likeness (QED) is 0.788. The highest BCUT2D eigenvalue weighted by Crippen LogP contribution is 2.28. The summed E-state index contributed by atoms with van der Waals surface area (Å²) in [6.45, 7) is 0. The van der Waals surface area contributed by atoms with E-state index in [0.717, 1.165) is 26.9 Å². The first kappa shape index (κ1) is 13.6. The molecule has 21 heavy (non-hydrogen) atoms. The van der Waals surface area contributed by atoms with Crippen LogP contribution in [0.4, 0.5) is 0 Å². The van der Waals surface area contributed by atoms with Gasteiger partial charge in [-0.25, -0.2) is 9.78 Å². The molecule has 0 saturated heterocycles. The molecule has 1 aromatic heterocycles. The van der Waals surface area contributed by atoms with Crippen molar-refractivity contribution in [3.63, 3.8) is 0 Å². The molecule has 0 radical (unpaired) electrons. The summed E-state index contributed by atoms with van der Waals surface area (Å²) in [5.41, 5.74) is 2.59. The Labute approximate surface area is 128 Å². The van der Waals surface area contributed by atoms with Crippen LogP contribution in [0, 0.1) is 0 Å². The van der Waals surface area contributed by atoms with Gasteiger partial charge in [-0.2, -0.15) is 0 Å². The average molecular weight is 347 g/mol. The molecule has 0 fully saturated rings. The molecular weight excluding hydrogens is 336 g/mol. The van der Waals surface area contributed by atoms with E-state index in [2.05, 4.69) is 20.9 Å². The maximum atomic E-state index is 11.1. The van der Waals surface area contributed by atoms with Crippen LogP contribution in [0.15, 0.2) is 47.2 Å². The summed E-state index contributed by atoms with van der Waals surface area (Å²) in [6, 6.07) is 10.5. The maximum Gasteiger partial charge on any atom is 0.335 e. The minimum atomic E-state index is -0.958. The van der Waals surface area contributed by atoms with E-state index in [4.69, 9.17) is 9.84 Å². The summed E-state index contributed by atoms with van der Waals surface area (Å²) in [7, 11) is 1.60. The molecule has 6 heteroatoms. The first-order valence-corrected chi connectivity index (χ1v) is 6.94. The first-order chi connectivity index (χ1) is 10.1. The zero-order valence-corrected chi connectivity index (χ0v) is 12.7. The Morgan fingerprint density at radius 3 is 2.76 bits per heavy atom. The molecule has 3 rings (SSSR count). The number of nitrogens with zero attached hydrogens (tertiary/aromatic N) is 2. The highest BCUT2D eigenvalue weighted by Gasteiger charge is 2.10. The summed E-state index contributed by atoms with van der Waals surface area (Å²) in [6.07, 6.45) is 1.67. The normalized spacial score (nSPS) is 10.8. The van der Waals surface area contributed by atoms with Crippen molar-refractivity contribution < 1.29 is 14.6 Å². The summed E-state index contributed by atoms with van der Waals surface area (Å²) in [5.74, 6) is -0.227. The third-order valence-corrected chi connectivity index (χ3v) is 3.83. The second-order valence-corrected chi connectivity index (χ2v) is 5.30. The Balaban J connectivity index is 2.18. The number of carboxylic acid groups (broad SMARTS) is 1. The van der Waals surface area contributed by atoms with Crippen molar-refractivity contribution in [3.05, 3.63) is 52.8 Å². The monoisotopic (exact) mass is 346 g/mol. The fraction of sp³-hybridized carbons (Fsp3) is 0.0667. The molecule has 0 bridgehead atoms. The number of hydrogen-bond donors (Lipinski definition) is 1. The summed E-state index contributed by atoms with van der Waals surface area (Å²) in [5, 5.41) is 9.10. The van der Waals surface area contributed by atoms with Crippen molar-refractivity contribution in [2.24, 2.45) is 0 Å². The molecule has 1 heterocycles. The largest absolute Gasteiger partial charge is 0.496 e. The minimum Gasteiger partial charge on any atom is -0.496 e. The number of fused-ring (bicyclic) bond motifs is 1. The predicted molar refractivity (Wildman–Crippen MR) is 82.3 cm³/mol. The first-order valence-electron chi connectivity index (χ1n) is 6.14. The third-order valence-electron chi connectivity index (χ3n) is 3.21. The van der Waals surface area contributed by atoms with E-state index >= 15 is 0 Å². The summed E-state index contributed by atoms with van der Waals surface area (Å²) in [4.78, 5) is 15.4. The lowest BCUT2D eigenvalue weighted by Crippen LogP contribution is -1.98. The molecule has 1 N–H and O–H groups in total. The Morgan fingerprint density at radius 2 is 2.10 bits per heavy atom. The fourth-order valence-corrected chi connectivity index (χ4v) is 2.68. The van der Waals surface area contributed by atoms with Crippen LogP contribution < -0.4 is 4.74 Å². The number of carbonyl (C=O) groups is 1. The number of rotatable bonds is 3. The number of aromatic carboxylic acids is 1. The van der Waals surface area contributed by atoms with Crippen molar-refractivity contribution in [2.75, 3.05) is 7.11 Å². The fourth-order valence-electron chi connectivity index (χ4n) is 2.15. The lowest BCUT2D eigenvalue weighted by Gasteiger charge is -2.08. The van der Waals surface area contributed by atoms with Crippen LogP contribution in [0.1, 0.15) is 10.4 Å². The molecule has 106 valence electrons. The Kier molecular flexibility index (Phi) is 3.39. The molecule has 0 aliphatic heterocycles. The van der Waals surface area contributed by atoms with Crippen LogP contribution in [-0.2, 0) is 0 Å². The van der Waals surface area contributed by atoms with Crippen molar-refractivity contribution >= 4 is 32.9 Å². The molecule has 3 aromatic rings. The van der Waals surface area contributed by atoms with Gasteiger partial charge in [-0.05, 0) is 52.3 Å². The SMILES string of the molecule is COc1ccc(-n2cnc3ccc(C(=O)O)cc32)cc1Br. The van der Waals surface area contributed by atoms with Crippen molar-refractivity contribution in [1.29, 1.82) is 0 Å². The molecule has 0 aliphatic carbocycles. The van der Waals surface area contributed by atoms with E-state index in [1.165, 1.54) is 0 Å². The van der Waals surface area contributed by atoms with Crippen LogP contribution in [0.25, 0.3) is 16.7 Å². The highest BCUT2D eigenvalue weighted by atomic mass is 79.9. The van der Waals surface area contributed by atoms with Gasteiger partial charge in [0.15, 0.2) is 0 Å². The number of hydrogen-bond acceptors (Lipinski definition) is 3. The van der Waals surface area contributed by atoms with E-state index in [-0.39, 0.29) is 5.56 Å². The topological polar surface area (TPSA) is 64.4 Å². The van der Waals surface area contributed by atoms with E-state index in [1.807, 2.05) is 22.8 Å². The van der Waals surface area contributed by atoms with Gasteiger partial charge in [0.2, 0.25) is 0 Å². The number of imidazole rings is 1. The van der Waals surface area contributed by atoms with Gasteiger partial charge in [-0.3, -0.25) is 4.57 Å². The number of aromatic nitrogens is 2. The molecule has 0 saturated carbocycles. The second-order valence-electron chi connectivity index (χ2n) is 4.44. The van der Waals surface area contributed by atoms with E-state index < -0.39 is 5.97 Å². The van der Waals surface area contributed by atoms with Gasteiger partial charge in [-0.15, -0.1) is 0 Å². The van der Waals surface area contributed by atoms with Gasteiger partial charge in [0, 0.05) is 5.69 Å². The Morgan fingerprint density at radius 1 is 1.29 bits per heavy atom. The molecule has 0 atom stereocenters. The van der Waals surface area contributed by atoms with Gasteiger partial charge in [0.05, 0.1) is 28.2 Å². The number of ether oxygens (including phenoxy) is 1. The Hall–Kier alpha value is -2.34. The summed E-state index contributed by atoms with van der Waals surface area (Å²) < 4.78 is 7.86. The Bertz CT molecular complexity index is 842. The van der Waals surface area contributed by atoms with Crippen LogP contribution in [-0.4, -0.2) is 27.7 Å². The van der Waals surface area contributed by atoms with Gasteiger partial charge >= 0.3 is 5.97 Å². The van der Waals surface area contributed by atoms with Crippen LogP contribution in [0.3, 0.4) is 0 Å². The van der Waals surface area contributed by atoms with Gasteiger partial charge < -0.3 is 9.84 Å². The van der Waals surface area contributed by atoms with Gasteiger partial charge in [0.1, 0.15) is 12.1 Å². The highest BCUT2D eigenvalue weighted by molar-refractivity contribution is 9.10. The van der Waals surface area contributed by atoms with Crippen LogP contribution >= 0.6 is 15.9 Å². The summed E-state index contributed by atoms with van der Waals surface area (Å²) >= 11 is 3.44. The van der Waals surface area contributed by atoms with Gasteiger partial charge in [0.25, 0.3) is 0 Å². The molecule has 0 spiro atoms. The molecule has 0 unspecified atom stereocenters. The lowest BCUT2D eigenvalue weighted by molar-refractivity contribution is 0.0697. The molecule has 5 nitrogen and oxygen atoms in total. The second kappa shape index (κ2) is 5.21. The van der Waals surface area contributed by atoms with Crippen LogP contribution in [0.5, 0.6) is 5.75 Å². The maximum absolute atomic E-state index is 11.1. The number of carboxylic acids is 1. The third kappa shape index (κ3) is 2.38. The number of halogens is 1. The zero-order valence-electron chi connectivity index (χ0n) is 11.1. The zero-order chi connectivity index (χ0) is 15.0. The number of methoxy groups -OCH3 is 1.